The van der Waals surface area contributed by atoms with Gasteiger partial charge in [-0.3, -0.25) is 9.10 Å². The second-order valence-electron chi connectivity index (χ2n) is 6.32. The SMILES string of the molecule is CC(=O)NCc1ccc(S(=O)(=O)N2Cc3ccccc3-c3ccccc32)s1. The first-order valence-corrected chi connectivity index (χ1v) is 10.8. The maximum Gasteiger partial charge on any atom is 0.274 e. The molecular weight excluding hydrogens is 380 g/mol. The van der Waals surface area contributed by atoms with E-state index in [-0.39, 0.29) is 10.1 Å². The molecule has 138 valence electrons. The van der Waals surface area contributed by atoms with Crippen LogP contribution in [0.3, 0.4) is 0 Å². The van der Waals surface area contributed by atoms with Gasteiger partial charge in [0.05, 0.1) is 18.8 Å². The van der Waals surface area contributed by atoms with Gasteiger partial charge in [0.1, 0.15) is 4.21 Å². The first kappa shape index (κ1) is 17.8. The fourth-order valence-electron chi connectivity index (χ4n) is 3.21. The highest BCUT2D eigenvalue weighted by atomic mass is 32.2. The molecule has 0 radical (unpaired) electrons. The highest BCUT2D eigenvalue weighted by Gasteiger charge is 2.32. The molecule has 0 atom stereocenters. The molecule has 0 fully saturated rings. The van der Waals surface area contributed by atoms with Crippen molar-refractivity contribution in [3.8, 4) is 11.1 Å². The van der Waals surface area contributed by atoms with Crippen LogP contribution in [0.1, 0.15) is 17.4 Å². The van der Waals surface area contributed by atoms with Crippen molar-refractivity contribution in [1.82, 2.24) is 5.32 Å². The minimum Gasteiger partial charge on any atom is -0.351 e. The van der Waals surface area contributed by atoms with E-state index in [2.05, 4.69) is 5.32 Å². The average molecular weight is 399 g/mol. The van der Waals surface area contributed by atoms with Gasteiger partial charge in [0.15, 0.2) is 0 Å². The topological polar surface area (TPSA) is 66.5 Å². The zero-order chi connectivity index (χ0) is 19.0. The van der Waals surface area contributed by atoms with Crippen molar-refractivity contribution >= 4 is 33.0 Å². The third-order valence-corrected chi connectivity index (χ3v) is 7.80. The number of carbonyl (C=O) groups is 1. The van der Waals surface area contributed by atoms with Crippen molar-refractivity contribution in [2.24, 2.45) is 0 Å². The maximum atomic E-state index is 13.4. The van der Waals surface area contributed by atoms with Crippen LogP contribution in [0.4, 0.5) is 5.69 Å². The lowest BCUT2D eigenvalue weighted by atomic mass is 9.95. The molecule has 4 rings (SSSR count). The van der Waals surface area contributed by atoms with Crippen molar-refractivity contribution in [2.75, 3.05) is 4.31 Å². The lowest BCUT2D eigenvalue weighted by Crippen LogP contribution is -2.32. The standard InChI is InChI=1S/C20H18N2O3S2/c1-14(23)21-12-16-10-11-20(26-16)27(24,25)22-13-15-6-2-3-7-17(15)18-8-4-5-9-19(18)22/h2-11H,12-13H2,1H3,(H,21,23). The molecule has 1 amide bonds. The van der Waals surface area contributed by atoms with E-state index < -0.39 is 10.0 Å². The number of thiophene rings is 1. The summed E-state index contributed by atoms with van der Waals surface area (Å²) in [5.41, 5.74) is 3.65. The molecule has 1 aliphatic rings. The smallest absolute Gasteiger partial charge is 0.274 e. The Bertz CT molecular complexity index is 1120. The molecule has 0 bridgehead atoms. The zero-order valence-corrected chi connectivity index (χ0v) is 16.3. The number of hydrogen-bond donors (Lipinski definition) is 1. The molecule has 0 spiro atoms. The van der Waals surface area contributed by atoms with E-state index in [9.17, 15) is 13.2 Å². The zero-order valence-electron chi connectivity index (χ0n) is 14.7. The van der Waals surface area contributed by atoms with Crippen LogP contribution < -0.4 is 9.62 Å². The summed E-state index contributed by atoms with van der Waals surface area (Å²) in [6, 6.07) is 18.8. The minimum atomic E-state index is -3.70. The average Bonchev–Trinajstić information content (AvgIpc) is 3.15. The molecule has 2 heterocycles. The fraction of sp³-hybridized carbons (Fsp3) is 0.150. The summed E-state index contributed by atoms with van der Waals surface area (Å²) in [5.74, 6) is -0.144. The van der Waals surface area contributed by atoms with Gasteiger partial charge in [-0.05, 0) is 29.3 Å². The predicted molar refractivity (Wildman–Crippen MR) is 107 cm³/mol. The summed E-state index contributed by atoms with van der Waals surface area (Å²) in [4.78, 5) is 11.9. The number of amides is 1. The third kappa shape index (κ3) is 3.24. The molecule has 1 aromatic heterocycles. The molecule has 5 nitrogen and oxygen atoms in total. The van der Waals surface area contributed by atoms with Crippen LogP contribution in [0, 0.1) is 0 Å². The van der Waals surface area contributed by atoms with Gasteiger partial charge in [-0.15, -0.1) is 11.3 Å². The summed E-state index contributed by atoms with van der Waals surface area (Å²) < 4.78 is 28.5. The maximum absolute atomic E-state index is 13.4. The lowest BCUT2D eigenvalue weighted by molar-refractivity contribution is -0.119. The number of sulfonamides is 1. The van der Waals surface area contributed by atoms with E-state index in [1.165, 1.54) is 22.6 Å². The molecule has 27 heavy (non-hydrogen) atoms. The molecule has 0 aliphatic carbocycles. The minimum absolute atomic E-state index is 0.144. The first-order chi connectivity index (χ1) is 13.0. The van der Waals surface area contributed by atoms with Gasteiger partial charge in [0, 0.05) is 17.4 Å². The van der Waals surface area contributed by atoms with Crippen LogP contribution in [0.25, 0.3) is 11.1 Å². The Labute approximate surface area is 162 Å². The lowest BCUT2D eigenvalue weighted by Gasteiger charge is -2.31. The quantitative estimate of drug-likeness (QED) is 0.728. The summed E-state index contributed by atoms with van der Waals surface area (Å²) >= 11 is 1.19. The Morgan fingerprint density at radius 3 is 2.52 bits per heavy atom. The molecule has 7 heteroatoms. The summed E-state index contributed by atoms with van der Waals surface area (Å²) in [6.07, 6.45) is 0. The molecule has 2 aromatic carbocycles. The van der Waals surface area contributed by atoms with E-state index in [1.807, 2.05) is 48.5 Å². The van der Waals surface area contributed by atoms with Crippen LogP contribution in [0.5, 0.6) is 0 Å². The van der Waals surface area contributed by atoms with E-state index in [0.717, 1.165) is 21.6 Å². The number of nitrogens with zero attached hydrogens (tertiary/aromatic N) is 1. The second kappa shape index (κ2) is 6.83. The number of hydrogen-bond acceptors (Lipinski definition) is 4. The van der Waals surface area contributed by atoms with E-state index in [0.29, 0.717) is 18.8 Å². The van der Waals surface area contributed by atoms with Gasteiger partial charge in [-0.2, -0.15) is 0 Å². The van der Waals surface area contributed by atoms with Crippen LogP contribution in [-0.4, -0.2) is 14.3 Å². The van der Waals surface area contributed by atoms with Crippen molar-refractivity contribution in [1.29, 1.82) is 0 Å². The molecule has 0 saturated heterocycles. The number of rotatable bonds is 4. The molecular formula is C20H18N2O3S2. The Balaban J connectivity index is 1.74. The highest BCUT2D eigenvalue weighted by Crippen LogP contribution is 2.42. The van der Waals surface area contributed by atoms with E-state index in [1.54, 1.807) is 12.1 Å². The largest absolute Gasteiger partial charge is 0.351 e. The Kier molecular flexibility index (Phi) is 4.49. The number of para-hydroxylation sites is 1. The number of benzene rings is 2. The van der Waals surface area contributed by atoms with Crippen LogP contribution in [0.2, 0.25) is 0 Å². The van der Waals surface area contributed by atoms with Crippen molar-refractivity contribution < 1.29 is 13.2 Å². The van der Waals surface area contributed by atoms with Gasteiger partial charge in [-0.25, -0.2) is 8.42 Å². The number of fused-ring (bicyclic) bond motifs is 3. The summed E-state index contributed by atoms with van der Waals surface area (Å²) in [5, 5.41) is 2.70. The molecule has 3 aromatic rings. The van der Waals surface area contributed by atoms with Crippen LogP contribution in [-0.2, 0) is 27.9 Å². The van der Waals surface area contributed by atoms with Crippen molar-refractivity contribution in [3.63, 3.8) is 0 Å². The number of carbonyl (C=O) groups excluding carboxylic acids is 1. The Hall–Kier alpha value is -2.64. The molecule has 0 unspecified atom stereocenters. The monoisotopic (exact) mass is 398 g/mol. The molecule has 0 saturated carbocycles. The van der Waals surface area contributed by atoms with Gasteiger partial charge in [-0.1, -0.05) is 42.5 Å². The normalized spacial score (nSPS) is 13.0. The van der Waals surface area contributed by atoms with E-state index >= 15 is 0 Å². The first-order valence-electron chi connectivity index (χ1n) is 8.50. The van der Waals surface area contributed by atoms with Crippen LogP contribution >= 0.6 is 11.3 Å². The second-order valence-corrected chi connectivity index (χ2v) is 9.57. The molecule has 1 aliphatic heterocycles. The van der Waals surface area contributed by atoms with Crippen molar-refractivity contribution in [3.05, 3.63) is 71.1 Å². The predicted octanol–water partition coefficient (Wildman–Crippen LogP) is 3.76. The van der Waals surface area contributed by atoms with Gasteiger partial charge >= 0.3 is 0 Å². The third-order valence-electron chi connectivity index (χ3n) is 4.49. The number of nitrogens with one attached hydrogen (secondary N) is 1. The van der Waals surface area contributed by atoms with Gasteiger partial charge < -0.3 is 5.32 Å². The summed E-state index contributed by atoms with van der Waals surface area (Å²) in [7, 11) is -3.70. The van der Waals surface area contributed by atoms with Gasteiger partial charge in [0.2, 0.25) is 5.91 Å². The highest BCUT2D eigenvalue weighted by molar-refractivity contribution is 7.94. The summed E-state index contributed by atoms with van der Waals surface area (Å²) in [6.45, 7) is 2.07. The number of anilines is 1. The fourth-order valence-corrected chi connectivity index (χ4v) is 6.08. The van der Waals surface area contributed by atoms with E-state index in [4.69, 9.17) is 0 Å². The molecule has 1 N–H and O–H groups in total. The van der Waals surface area contributed by atoms with Crippen LogP contribution in [0.15, 0.2) is 64.9 Å². The Morgan fingerprint density at radius 1 is 1.04 bits per heavy atom. The van der Waals surface area contributed by atoms with Gasteiger partial charge in [0.25, 0.3) is 10.0 Å². The van der Waals surface area contributed by atoms with Crippen molar-refractivity contribution in [2.45, 2.75) is 24.2 Å². The Morgan fingerprint density at radius 2 is 1.74 bits per heavy atom.